The van der Waals surface area contributed by atoms with E-state index in [1.807, 2.05) is 0 Å². The summed E-state index contributed by atoms with van der Waals surface area (Å²) in [5, 5.41) is 14.3. The Morgan fingerprint density at radius 3 is 0.925 bits per heavy atom. The molecular weight excluding hydrogens is 969 g/mol. The van der Waals surface area contributed by atoms with E-state index in [2.05, 4.69) is 335 Å². The summed E-state index contributed by atoms with van der Waals surface area (Å²) in [7, 11) is 0. The summed E-state index contributed by atoms with van der Waals surface area (Å²) in [6.07, 6.45) is 0. The summed E-state index contributed by atoms with van der Waals surface area (Å²) in [6.45, 7) is 0. The summed E-state index contributed by atoms with van der Waals surface area (Å²) in [6, 6.07) is 115. The third kappa shape index (κ3) is 7.84. The Morgan fingerprint density at radius 2 is 0.475 bits per heavy atom. The van der Waals surface area contributed by atoms with Crippen molar-refractivity contribution < 1.29 is 0 Å². The van der Waals surface area contributed by atoms with Crippen LogP contribution in [-0.4, -0.2) is 0 Å². The number of para-hydroxylation sites is 8. The van der Waals surface area contributed by atoms with Crippen LogP contribution in [-0.2, 0) is 0 Å². The van der Waals surface area contributed by atoms with Gasteiger partial charge < -0.3 is 19.6 Å². The van der Waals surface area contributed by atoms with Gasteiger partial charge in [0.05, 0.1) is 17.1 Å². The van der Waals surface area contributed by atoms with Gasteiger partial charge in [-0.25, -0.2) is 0 Å². The Balaban J connectivity index is 1.19. The first-order valence-electron chi connectivity index (χ1n) is 27.4. The van der Waals surface area contributed by atoms with Crippen LogP contribution in [0.5, 0.6) is 0 Å². The minimum absolute atomic E-state index is 1.05. The van der Waals surface area contributed by atoms with Crippen molar-refractivity contribution in [1.29, 1.82) is 0 Å². The van der Waals surface area contributed by atoms with Crippen LogP contribution in [0, 0.1) is 0 Å². The molecule has 0 aromatic heterocycles. The van der Waals surface area contributed by atoms with Crippen molar-refractivity contribution >= 4 is 133 Å². The third-order valence-corrected chi connectivity index (χ3v) is 15.8. The second-order valence-corrected chi connectivity index (χ2v) is 20.4. The fraction of sp³-hybridized carbons (Fsp3) is 0. The molecule has 4 heteroatoms. The Bertz CT molecular complexity index is 4520. The summed E-state index contributed by atoms with van der Waals surface area (Å²) in [5.41, 5.74) is 12.9. The lowest BCUT2D eigenvalue weighted by Gasteiger charge is -2.33. The van der Waals surface area contributed by atoms with Crippen molar-refractivity contribution in [3.8, 4) is 0 Å². The molecule has 0 saturated heterocycles. The smallest absolute Gasteiger partial charge is 0.0567 e. The first-order valence-corrected chi connectivity index (χ1v) is 27.4. The lowest BCUT2D eigenvalue weighted by molar-refractivity contribution is 1.26. The van der Waals surface area contributed by atoms with Crippen LogP contribution < -0.4 is 19.6 Å². The molecule has 0 atom stereocenters. The van der Waals surface area contributed by atoms with E-state index in [1.165, 1.54) is 48.5 Å². The number of nitrogens with zero attached hydrogens (tertiary/aromatic N) is 4. The topological polar surface area (TPSA) is 13.0 Å². The molecule has 80 heavy (non-hydrogen) atoms. The second-order valence-electron chi connectivity index (χ2n) is 20.4. The van der Waals surface area contributed by atoms with E-state index in [4.69, 9.17) is 0 Å². The van der Waals surface area contributed by atoms with Gasteiger partial charge in [-0.3, -0.25) is 0 Å². The molecule has 0 saturated carbocycles. The quantitative estimate of drug-likeness (QED) is 0.0893. The van der Waals surface area contributed by atoms with Gasteiger partial charge in [-0.1, -0.05) is 188 Å². The van der Waals surface area contributed by atoms with Crippen LogP contribution >= 0.6 is 0 Å². The summed E-state index contributed by atoms with van der Waals surface area (Å²) < 4.78 is 0. The highest BCUT2D eigenvalue weighted by molar-refractivity contribution is 6.44. The molecule has 0 bridgehead atoms. The number of hydrogen-bond donors (Lipinski definition) is 0. The molecule has 0 radical (unpaired) electrons. The van der Waals surface area contributed by atoms with Crippen molar-refractivity contribution in [2.45, 2.75) is 0 Å². The highest BCUT2D eigenvalue weighted by atomic mass is 15.2. The minimum Gasteiger partial charge on any atom is -0.310 e. The number of rotatable bonds is 12. The highest BCUT2D eigenvalue weighted by Gasteiger charge is 2.29. The maximum atomic E-state index is 2.51. The Hall–Kier alpha value is -10.7. The van der Waals surface area contributed by atoms with Gasteiger partial charge in [-0.15, -0.1) is 0 Å². The molecule has 0 unspecified atom stereocenters. The first-order chi connectivity index (χ1) is 39.7. The van der Waals surface area contributed by atoms with Gasteiger partial charge in [0.25, 0.3) is 0 Å². The van der Waals surface area contributed by atoms with Gasteiger partial charge in [0.1, 0.15) is 0 Å². The van der Waals surface area contributed by atoms with Gasteiger partial charge in [-0.05, 0) is 170 Å². The van der Waals surface area contributed by atoms with Crippen LogP contribution in [0.4, 0.5) is 68.2 Å². The number of fused-ring (bicyclic) bond motifs is 6. The molecule has 0 N–H and O–H groups in total. The molecule has 0 aliphatic rings. The first kappa shape index (κ1) is 46.6. The molecule has 0 aliphatic heterocycles. The molecule has 4 nitrogen and oxygen atoms in total. The van der Waals surface area contributed by atoms with E-state index in [1.54, 1.807) is 0 Å². The van der Waals surface area contributed by atoms with E-state index >= 15 is 0 Å². The lowest BCUT2D eigenvalue weighted by Crippen LogP contribution is -2.15. The number of benzene rings is 15. The van der Waals surface area contributed by atoms with Crippen LogP contribution in [0.3, 0.4) is 0 Å². The normalized spacial score (nSPS) is 11.5. The second kappa shape index (κ2) is 19.7. The van der Waals surface area contributed by atoms with E-state index in [0.29, 0.717) is 0 Å². The largest absolute Gasteiger partial charge is 0.310 e. The van der Waals surface area contributed by atoms with Crippen LogP contribution in [0.25, 0.3) is 64.6 Å². The zero-order valence-electron chi connectivity index (χ0n) is 43.8. The predicted molar refractivity (Wildman–Crippen MR) is 341 cm³/mol. The van der Waals surface area contributed by atoms with Gasteiger partial charge in [0.15, 0.2) is 0 Å². The molecule has 0 heterocycles. The number of anilines is 12. The lowest BCUT2D eigenvalue weighted by atomic mass is 9.83. The molecule has 15 aromatic carbocycles. The number of hydrogen-bond acceptors (Lipinski definition) is 4. The van der Waals surface area contributed by atoms with Gasteiger partial charge >= 0.3 is 0 Å². The fourth-order valence-electron chi connectivity index (χ4n) is 12.5. The standard InChI is InChI=1S/C76H52N4/c1-9-29-54(30-10-1)77(55-31-11-2-12-32-55)62-49-67-66(70(50-62)78(56-33-13-3-14-34-56)57-35-15-4-16-36-57)51-68-63-45-26-25-28-53(63)48-69-75(68)74(67)65-47-27-46-64-71(79(58-37-17-5-18-38-58)59-39-19-6-20-40-59)52-72(76(69)73(64)65)80(60-41-21-7-22-42-60)61-43-23-8-24-44-61/h1-52H. The van der Waals surface area contributed by atoms with E-state index in [-0.39, 0.29) is 0 Å². The van der Waals surface area contributed by atoms with E-state index in [0.717, 1.165) is 84.4 Å². The molecule has 0 spiro atoms. The van der Waals surface area contributed by atoms with Gasteiger partial charge in [0.2, 0.25) is 0 Å². The summed E-state index contributed by atoms with van der Waals surface area (Å²) in [5.74, 6) is 0. The molecular formula is C76H52N4. The molecule has 0 fully saturated rings. The van der Waals surface area contributed by atoms with Crippen molar-refractivity contribution in [3.05, 3.63) is 315 Å². The predicted octanol–water partition coefficient (Wildman–Crippen LogP) is 21.9. The molecule has 0 aliphatic carbocycles. The van der Waals surface area contributed by atoms with Crippen molar-refractivity contribution in [2.75, 3.05) is 19.6 Å². The van der Waals surface area contributed by atoms with E-state index < -0.39 is 0 Å². The average Bonchev–Trinajstić information content (AvgIpc) is 3.72. The van der Waals surface area contributed by atoms with Crippen LogP contribution in [0.1, 0.15) is 0 Å². The molecule has 0 amide bonds. The average molecular weight is 1020 g/mol. The molecule has 376 valence electrons. The zero-order chi connectivity index (χ0) is 52.9. The fourth-order valence-corrected chi connectivity index (χ4v) is 12.5. The van der Waals surface area contributed by atoms with Crippen LogP contribution in [0.15, 0.2) is 315 Å². The maximum Gasteiger partial charge on any atom is 0.0567 e. The van der Waals surface area contributed by atoms with Gasteiger partial charge in [0, 0.05) is 72.7 Å². The maximum absolute atomic E-state index is 2.51. The van der Waals surface area contributed by atoms with Crippen molar-refractivity contribution in [1.82, 2.24) is 0 Å². The monoisotopic (exact) mass is 1020 g/mol. The third-order valence-electron chi connectivity index (χ3n) is 15.8. The van der Waals surface area contributed by atoms with Crippen molar-refractivity contribution in [3.63, 3.8) is 0 Å². The highest BCUT2D eigenvalue weighted by Crippen LogP contribution is 2.56. The van der Waals surface area contributed by atoms with E-state index in [9.17, 15) is 0 Å². The Kier molecular flexibility index (Phi) is 11.5. The zero-order valence-corrected chi connectivity index (χ0v) is 43.8. The van der Waals surface area contributed by atoms with Crippen molar-refractivity contribution in [2.24, 2.45) is 0 Å². The SMILES string of the molecule is c1ccc(N(c2ccccc2)c2cc(N(c3ccccc3)c3ccccc3)c3cc4c5ccccc5cc5c6c(N(c7ccccc7)c7ccccc7)cc(N(c7ccccc7)c7ccccc7)c7cccc(c76)c(c3c2)c45)cc1. The molecule has 15 aromatic rings. The Morgan fingerprint density at radius 1 is 0.150 bits per heavy atom. The Labute approximate surface area is 465 Å². The summed E-state index contributed by atoms with van der Waals surface area (Å²) >= 11 is 0. The minimum atomic E-state index is 1.05. The molecule has 15 rings (SSSR count). The summed E-state index contributed by atoms with van der Waals surface area (Å²) in [4.78, 5) is 9.79. The van der Waals surface area contributed by atoms with Gasteiger partial charge in [-0.2, -0.15) is 0 Å². The van der Waals surface area contributed by atoms with Crippen LogP contribution in [0.2, 0.25) is 0 Å².